The average Bonchev–Trinajstić information content (AvgIpc) is 2.37. The molecule has 4 nitrogen and oxygen atoms in total. The highest BCUT2D eigenvalue weighted by atomic mass is 16.7. The van der Waals surface area contributed by atoms with Crippen LogP contribution in [0.4, 0.5) is 0 Å². The number of hydrogen-bond acceptors (Lipinski definition) is 4. The van der Waals surface area contributed by atoms with Gasteiger partial charge in [-0.1, -0.05) is 22.9 Å². The van der Waals surface area contributed by atoms with Gasteiger partial charge >= 0.3 is 5.97 Å². The van der Waals surface area contributed by atoms with Gasteiger partial charge in [-0.25, -0.2) is 4.79 Å². The van der Waals surface area contributed by atoms with Gasteiger partial charge in [0, 0.05) is 0 Å². The van der Waals surface area contributed by atoms with Crippen molar-refractivity contribution in [1.82, 2.24) is 0 Å². The third kappa shape index (κ3) is 3.25. The maximum atomic E-state index is 11.8. The summed E-state index contributed by atoms with van der Waals surface area (Å²) in [5.41, 5.74) is 2.56. The molecule has 19 heavy (non-hydrogen) atoms. The number of ketones is 1. The predicted molar refractivity (Wildman–Crippen MR) is 71.9 cm³/mol. The van der Waals surface area contributed by atoms with Crippen LogP contribution in [-0.4, -0.2) is 17.5 Å². The van der Waals surface area contributed by atoms with Crippen LogP contribution < -0.4 is 0 Å². The fraction of sp³-hybridized carbons (Fsp3) is 0.133. The van der Waals surface area contributed by atoms with Crippen LogP contribution in [-0.2, 0) is 9.63 Å². The largest absolute Gasteiger partial charge is 0.365 e. The number of oxime groups is 1. The zero-order valence-corrected chi connectivity index (χ0v) is 10.7. The van der Waals surface area contributed by atoms with Crippen molar-refractivity contribution in [2.24, 2.45) is 5.16 Å². The molecule has 0 heterocycles. The fourth-order valence-electron chi connectivity index (χ4n) is 1.65. The standard InChI is InChI=1S/C15H13NO3/c1-10-4-3-5-12(8-10)15(18)19-16-14-7-6-13(17)9-11(14)2/h3-9H,1-2H3. The van der Waals surface area contributed by atoms with Gasteiger partial charge in [-0.05, 0) is 49.8 Å². The van der Waals surface area contributed by atoms with E-state index in [-0.39, 0.29) is 5.78 Å². The van der Waals surface area contributed by atoms with Gasteiger partial charge in [0.1, 0.15) is 5.71 Å². The zero-order chi connectivity index (χ0) is 13.8. The molecule has 2 rings (SSSR count). The molecule has 0 atom stereocenters. The second-order valence-electron chi connectivity index (χ2n) is 4.29. The number of carbonyl (C=O) groups excluding carboxylic acids is 2. The third-order valence-electron chi connectivity index (χ3n) is 2.65. The summed E-state index contributed by atoms with van der Waals surface area (Å²) in [6.07, 6.45) is 4.35. The Bertz CT molecular complexity index is 624. The van der Waals surface area contributed by atoms with Crippen LogP contribution in [0.1, 0.15) is 22.8 Å². The van der Waals surface area contributed by atoms with Crippen molar-refractivity contribution in [2.75, 3.05) is 0 Å². The van der Waals surface area contributed by atoms with Crippen molar-refractivity contribution in [2.45, 2.75) is 13.8 Å². The number of rotatable bonds is 2. The van der Waals surface area contributed by atoms with Crippen molar-refractivity contribution >= 4 is 17.5 Å². The first-order valence-corrected chi connectivity index (χ1v) is 5.83. The molecular weight excluding hydrogens is 242 g/mol. The van der Waals surface area contributed by atoms with Crippen LogP contribution in [0.25, 0.3) is 0 Å². The van der Waals surface area contributed by atoms with Gasteiger partial charge in [0.2, 0.25) is 0 Å². The highest BCUT2D eigenvalue weighted by molar-refractivity contribution is 6.19. The van der Waals surface area contributed by atoms with Crippen molar-refractivity contribution in [3.8, 4) is 0 Å². The fourth-order valence-corrected chi connectivity index (χ4v) is 1.65. The van der Waals surface area contributed by atoms with Crippen LogP contribution in [0, 0.1) is 6.92 Å². The Morgan fingerprint density at radius 3 is 2.68 bits per heavy atom. The molecule has 4 heteroatoms. The molecule has 0 amide bonds. The molecule has 96 valence electrons. The minimum absolute atomic E-state index is 0.0959. The Morgan fingerprint density at radius 2 is 2.00 bits per heavy atom. The van der Waals surface area contributed by atoms with Gasteiger partial charge < -0.3 is 4.84 Å². The van der Waals surface area contributed by atoms with Crippen LogP contribution in [0.2, 0.25) is 0 Å². The first kappa shape index (κ1) is 13.0. The lowest BCUT2D eigenvalue weighted by Gasteiger charge is -2.05. The minimum Gasteiger partial charge on any atom is -0.312 e. The molecule has 0 aliphatic heterocycles. The van der Waals surface area contributed by atoms with Gasteiger partial charge in [-0.2, -0.15) is 0 Å². The Labute approximate surface area is 111 Å². The van der Waals surface area contributed by atoms with E-state index in [0.717, 1.165) is 5.56 Å². The van der Waals surface area contributed by atoms with Crippen LogP contribution >= 0.6 is 0 Å². The van der Waals surface area contributed by atoms with Crippen molar-refractivity contribution < 1.29 is 14.4 Å². The third-order valence-corrected chi connectivity index (χ3v) is 2.65. The molecule has 0 radical (unpaired) electrons. The zero-order valence-electron chi connectivity index (χ0n) is 10.7. The first-order chi connectivity index (χ1) is 9.06. The molecule has 0 spiro atoms. The molecule has 0 aromatic heterocycles. The predicted octanol–water partition coefficient (Wildman–Crippen LogP) is 2.59. The highest BCUT2D eigenvalue weighted by Crippen LogP contribution is 2.09. The maximum Gasteiger partial charge on any atom is 0.365 e. The van der Waals surface area contributed by atoms with E-state index in [9.17, 15) is 9.59 Å². The molecule has 0 saturated carbocycles. The molecule has 0 saturated heterocycles. The van der Waals surface area contributed by atoms with Gasteiger partial charge in [0.25, 0.3) is 0 Å². The molecule has 1 aliphatic carbocycles. The SMILES string of the molecule is CC1=CC(=O)C=CC1=NOC(=O)c1cccc(C)c1. The van der Waals surface area contributed by atoms with Crippen molar-refractivity contribution in [3.05, 3.63) is 59.2 Å². The van der Waals surface area contributed by atoms with Crippen molar-refractivity contribution in [1.29, 1.82) is 0 Å². The second kappa shape index (κ2) is 5.44. The van der Waals surface area contributed by atoms with E-state index >= 15 is 0 Å². The summed E-state index contributed by atoms with van der Waals surface area (Å²) >= 11 is 0. The molecule has 0 bridgehead atoms. The molecule has 0 N–H and O–H groups in total. The quantitative estimate of drug-likeness (QED) is 0.463. The lowest BCUT2D eigenvalue weighted by atomic mass is 10.1. The summed E-state index contributed by atoms with van der Waals surface area (Å²) < 4.78 is 0. The Balaban J connectivity index is 2.11. The van der Waals surface area contributed by atoms with E-state index in [4.69, 9.17) is 4.84 Å². The highest BCUT2D eigenvalue weighted by Gasteiger charge is 2.10. The topological polar surface area (TPSA) is 55.7 Å². The summed E-state index contributed by atoms with van der Waals surface area (Å²) in [5, 5.41) is 3.76. The molecule has 1 aliphatic rings. The van der Waals surface area contributed by atoms with E-state index < -0.39 is 5.97 Å². The Kier molecular flexibility index (Phi) is 3.71. The monoisotopic (exact) mass is 255 g/mol. The molecule has 1 aromatic carbocycles. The average molecular weight is 255 g/mol. The number of nitrogens with zero attached hydrogens (tertiary/aromatic N) is 1. The minimum atomic E-state index is -0.519. The van der Waals surface area contributed by atoms with E-state index in [0.29, 0.717) is 16.8 Å². The van der Waals surface area contributed by atoms with Gasteiger partial charge in [0.05, 0.1) is 5.56 Å². The van der Waals surface area contributed by atoms with Gasteiger partial charge in [-0.15, -0.1) is 0 Å². The molecule has 0 fully saturated rings. The van der Waals surface area contributed by atoms with Gasteiger partial charge in [0.15, 0.2) is 5.78 Å². The van der Waals surface area contributed by atoms with E-state index in [1.54, 1.807) is 25.1 Å². The van der Waals surface area contributed by atoms with Crippen LogP contribution in [0.5, 0.6) is 0 Å². The number of benzene rings is 1. The van der Waals surface area contributed by atoms with Crippen LogP contribution in [0.15, 0.2) is 53.2 Å². The number of carbonyl (C=O) groups is 2. The first-order valence-electron chi connectivity index (χ1n) is 5.83. The second-order valence-corrected chi connectivity index (χ2v) is 4.29. The van der Waals surface area contributed by atoms with E-state index in [2.05, 4.69) is 5.16 Å². The number of aryl methyl sites for hydroxylation is 1. The smallest absolute Gasteiger partial charge is 0.312 e. The molecule has 1 aromatic rings. The normalized spacial score (nSPS) is 16.4. The molecular formula is C15H13NO3. The number of hydrogen-bond donors (Lipinski definition) is 0. The van der Waals surface area contributed by atoms with Crippen LogP contribution in [0.3, 0.4) is 0 Å². The van der Waals surface area contributed by atoms with E-state index in [1.165, 1.54) is 18.2 Å². The van der Waals surface area contributed by atoms with Gasteiger partial charge in [-0.3, -0.25) is 4.79 Å². The summed E-state index contributed by atoms with van der Waals surface area (Å²) in [7, 11) is 0. The summed E-state index contributed by atoms with van der Waals surface area (Å²) in [6, 6.07) is 7.07. The summed E-state index contributed by atoms with van der Waals surface area (Å²) in [6.45, 7) is 3.63. The summed E-state index contributed by atoms with van der Waals surface area (Å²) in [5.74, 6) is -0.615. The summed E-state index contributed by atoms with van der Waals surface area (Å²) in [4.78, 5) is 27.7. The number of allylic oxidation sites excluding steroid dienone is 4. The molecule has 0 unspecified atom stereocenters. The Hall–Kier alpha value is -2.49. The van der Waals surface area contributed by atoms with Crippen molar-refractivity contribution in [3.63, 3.8) is 0 Å². The lowest BCUT2D eigenvalue weighted by molar-refractivity contribution is -0.110. The maximum absolute atomic E-state index is 11.8. The Morgan fingerprint density at radius 1 is 1.21 bits per heavy atom. The van der Waals surface area contributed by atoms with E-state index in [1.807, 2.05) is 13.0 Å². The lowest BCUT2D eigenvalue weighted by Crippen LogP contribution is -2.08.